The Morgan fingerprint density at radius 3 is 2.30 bits per heavy atom. The molecule has 0 unspecified atom stereocenters. The Kier molecular flexibility index (Phi) is 5.25. The molecule has 5 nitrogen and oxygen atoms in total. The van der Waals surface area contributed by atoms with Crippen molar-refractivity contribution in [2.45, 2.75) is 13.8 Å². The number of anilines is 1. The number of hydrogen-bond donors (Lipinski definition) is 0. The highest BCUT2D eigenvalue weighted by atomic mass is 16.4. The molecular formula is C28H27N2O3+. The van der Waals surface area contributed by atoms with Crippen molar-refractivity contribution in [2.75, 3.05) is 32.1 Å². The zero-order valence-electron chi connectivity index (χ0n) is 19.4. The fourth-order valence-corrected chi connectivity index (χ4v) is 4.34. The molecule has 2 aromatic carbocycles. The molecule has 166 valence electrons. The molecule has 1 aliphatic heterocycles. The van der Waals surface area contributed by atoms with Crippen molar-refractivity contribution < 1.29 is 8.83 Å². The third kappa shape index (κ3) is 3.69. The molecular weight excluding hydrogens is 412 g/mol. The summed E-state index contributed by atoms with van der Waals surface area (Å²) in [6.07, 6.45) is 0. The monoisotopic (exact) mass is 439 g/mol. The molecule has 0 spiro atoms. The molecule has 0 bridgehead atoms. The van der Waals surface area contributed by atoms with Crippen molar-refractivity contribution in [1.82, 2.24) is 4.58 Å². The molecule has 0 radical (unpaired) electrons. The summed E-state index contributed by atoms with van der Waals surface area (Å²) in [5, 5.41) is 3.91. The van der Waals surface area contributed by atoms with Crippen LogP contribution in [0, 0.1) is 0 Å². The molecule has 0 amide bonds. The summed E-state index contributed by atoms with van der Waals surface area (Å²) in [6, 6.07) is 22.0. The minimum absolute atomic E-state index is 0.408. The second kappa shape index (κ2) is 8.24. The third-order valence-electron chi connectivity index (χ3n) is 6.24. The predicted octanol–water partition coefficient (Wildman–Crippen LogP) is 5.19. The Bertz CT molecular complexity index is 1590. The van der Waals surface area contributed by atoms with Crippen LogP contribution in [0.2, 0.25) is 0 Å². The predicted molar refractivity (Wildman–Crippen MR) is 135 cm³/mol. The van der Waals surface area contributed by atoms with Gasteiger partial charge in [0.25, 0.3) is 0 Å². The number of hydrogen-bond acceptors (Lipinski definition) is 4. The maximum Gasteiger partial charge on any atom is 0.347 e. The highest BCUT2D eigenvalue weighted by Gasteiger charge is 2.15. The van der Waals surface area contributed by atoms with Crippen LogP contribution in [-0.4, -0.2) is 27.2 Å². The molecule has 1 aromatic heterocycles. The van der Waals surface area contributed by atoms with Crippen LogP contribution in [0.3, 0.4) is 0 Å². The Labute approximate surface area is 192 Å². The summed E-state index contributed by atoms with van der Waals surface area (Å²) >= 11 is 0. The number of rotatable bonds is 4. The molecule has 5 rings (SSSR count). The standard InChI is InChI=1S/C28H27N2O3/c1-5-30(6-2)22-11-9-18-10-14-25(32-26(18)17-22)24-16-20-8-7-19-15-21(29(3)4)12-13-23(19)27(20)33-28(24)31/h7-17H,5-6H2,1-4H3/q+1. The molecule has 0 atom stereocenters. The van der Waals surface area contributed by atoms with Gasteiger partial charge in [-0.1, -0.05) is 12.1 Å². The fraction of sp³-hybridized carbons (Fsp3) is 0.214. The van der Waals surface area contributed by atoms with Crippen molar-refractivity contribution in [3.63, 3.8) is 0 Å². The van der Waals surface area contributed by atoms with Gasteiger partial charge in [0.05, 0.1) is 6.07 Å². The van der Waals surface area contributed by atoms with Crippen molar-refractivity contribution >= 4 is 27.4 Å². The van der Waals surface area contributed by atoms with E-state index in [9.17, 15) is 4.79 Å². The van der Waals surface area contributed by atoms with E-state index >= 15 is 0 Å². The van der Waals surface area contributed by atoms with Gasteiger partial charge in [-0.15, -0.1) is 0 Å². The molecule has 0 N–H and O–H groups in total. The lowest BCUT2D eigenvalue weighted by molar-refractivity contribution is 0.547. The summed E-state index contributed by atoms with van der Waals surface area (Å²) in [7, 11) is 4.01. The first-order chi connectivity index (χ1) is 16.0. The van der Waals surface area contributed by atoms with E-state index in [1.165, 1.54) is 0 Å². The van der Waals surface area contributed by atoms with Gasteiger partial charge in [-0.25, -0.2) is 9.37 Å². The quantitative estimate of drug-likeness (QED) is 0.220. The molecule has 3 aromatic rings. The minimum atomic E-state index is -0.408. The molecule has 0 fully saturated rings. The van der Waals surface area contributed by atoms with Gasteiger partial charge < -0.3 is 13.7 Å². The summed E-state index contributed by atoms with van der Waals surface area (Å²) < 4.78 is 14.3. The van der Waals surface area contributed by atoms with Crippen LogP contribution in [0.25, 0.3) is 44.4 Å². The Hall–Kier alpha value is -3.86. The zero-order valence-corrected chi connectivity index (χ0v) is 19.4. The first-order valence-electron chi connectivity index (χ1n) is 11.3. The Morgan fingerprint density at radius 2 is 1.55 bits per heavy atom. The summed E-state index contributed by atoms with van der Waals surface area (Å²) in [5.74, 6) is 1.24. The van der Waals surface area contributed by atoms with E-state index in [1.54, 1.807) is 0 Å². The van der Waals surface area contributed by atoms with Crippen molar-refractivity contribution in [2.24, 2.45) is 0 Å². The van der Waals surface area contributed by atoms with Gasteiger partial charge in [-0.3, -0.25) is 0 Å². The Morgan fingerprint density at radius 1 is 0.788 bits per heavy atom. The first kappa shape index (κ1) is 21.0. The lowest BCUT2D eigenvalue weighted by atomic mass is 10.0. The number of nitrogens with zero attached hydrogens (tertiary/aromatic N) is 2. The van der Waals surface area contributed by atoms with E-state index in [1.807, 2.05) is 62.6 Å². The third-order valence-corrected chi connectivity index (χ3v) is 6.24. The normalized spacial score (nSPS) is 11.4. The van der Waals surface area contributed by atoms with E-state index in [0.29, 0.717) is 16.9 Å². The van der Waals surface area contributed by atoms with Gasteiger partial charge in [0, 0.05) is 42.2 Å². The van der Waals surface area contributed by atoms with E-state index in [0.717, 1.165) is 51.6 Å². The van der Waals surface area contributed by atoms with E-state index in [-0.39, 0.29) is 0 Å². The molecule has 2 aliphatic rings. The molecule has 5 heteroatoms. The van der Waals surface area contributed by atoms with Crippen molar-refractivity contribution in [1.29, 1.82) is 0 Å². The summed E-state index contributed by atoms with van der Waals surface area (Å²) in [5.41, 5.74) is 2.69. The SMILES string of the molecule is CC[N+](CC)=c1ccc2ccc(-c3cc4ccc5cc(N(C)C)ccc5c4oc3=O)oc-2c1. The second-order valence-electron chi connectivity index (χ2n) is 8.43. The van der Waals surface area contributed by atoms with Gasteiger partial charge in [-0.05, 0) is 61.7 Å². The van der Waals surface area contributed by atoms with Crippen LogP contribution in [-0.2, 0) is 0 Å². The molecule has 1 aliphatic carbocycles. The highest BCUT2D eigenvalue weighted by Crippen LogP contribution is 2.31. The van der Waals surface area contributed by atoms with Crippen molar-refractivity contribution in [3.05, 3.63) is 82.5 Å². The molecule has 0 saturated carbocycles. The maximum atomic E-state index is 13.0. The summed E-state index contributed by atoms with van der Waals surface area (Å²) in [4.78, 5) is 15.1. The second-order valence-corrected chi connectivity index (χ2v) is 8.43. The van der Waals surface area contributed by atoms with Crippen LogP contribution >= 0.6 is 0 Å². The van der Waals surface area contributed by atoms with Gasteiger partial charge in [0.2, 0.25) is 5.36 Å². The molecule has 33 heavy (non-hydrogen) atoms. The number of fused-ring (bicyclic) bond motifs is 4. The van der Waals surface area contributed by atoms with Gasteiger partial charge in [0.15, 0.2) is 0 Å². The topological polar surface area (TPSA) is 49.6 Å². The largest absolute Gasteiger partial charge is 0.456 e. The van der Waals surface area contributed by atoms with E-state index < -0.39 is 5.63 Å². The molecule has 0 saturated heterocycles. The lowest BCUT2D eigenvalue weighted by Crippen LogP contribution is -2.29. The molecule has 2 heterocycles. The minimum Gasteiger partial charge on any atom is -0.456 e. The first-order valence-corrected chi connectivity index (χ1v) is 11.3. The highest BCUT2D eigenvalue weighted by molar-refractivity contribution is 6.05. The fourth-order valence-electron chi connectivity index (χ4n) is 4.34. The van der Waals surface area contributed by atoms with Crippen LogP contribution in [0.1, 0.15) is 13.8 Å². The van der Waals surface area contributed by atoms with E-state index in [2.05, 4.69) is 41.5 Å². The zero-order chi connectivity index (χ0) is 23.1. The Balaban J connectivity index is 1.68. The summed E-state index contributed by atoms with van der Waals surface area (Å²) in [6.45, 7) is 6.10. The van der Waals surface area contributed by atoms with Crippen LogP contribution in [0.4, 0.5) is 5.69 Å². The van der Waals surface area contributed by atoms with Crippen molar-refractivity contribution in [3.8, 4) is 22.6 Å². The van der Waals surface area contributed by atoms with Crippen LogP contribution in [0.15, 0.2) is 80.4 Å². The van der Waals surface area contributed by atoms with Gasteiger partial charge in [-0.2, -0.15) is 0 Å². The number of benzene rings is 3. The van der Waals surface area contributed by atoms with E-state index in [4.69, 9.17) is 8.83 Å². The van der Waals surface area contributed by atoms with Gasteiger partial charge in [0.1, 0.15) is 35.8 Å². The van der Waals surface area contributed by atoms with Crippen LogP contribution < -0.4 is 20.5 Å². The van der Waals surface area contributed by atoms with Crippen LogP contribution in [0.5, 0.6) is 0 Å². The lowest BCUT2D eigenvalue weighted by Gasteiger charge is -2.13. The smallest absolute Gasteiger partial charge is 0.347 e. The van der Waals surface area contributed by atoms with Gasteiger partial charge >= 0.3 is 5.63 Å². The maximum absolute atomic E-state index is 13.0. The average molecular weight is 440 g/mol. The average Bonchev–Trinajstić information content (AvgIpc) is 2.83.